The Balaban J connectivity index is 2.11. The SMILES string of the molecule is Nc1cc(=O)[nH]c(SCc2ccc(Cl)c(N)c2)n1. The van der Waals surface area contributed by atoms with E-state index < -0.39 is 0 Å². The molecule has 0 aliphatic carbocycles. The highest BCUT2D eigenvalue weighted by Gasteiger charge is 2.02. The molecule has 2 aromatic rings. The van der Waals surface area contributed by atoms with E-state index in [0.717, 1.165) is 5.56 Å². The van der Waals surface area contributed by atoms with E-state index in [2.05, 4.69) is 9.97 Å². The summed E-state index contributed by atoms with van der Waals surface area (Å²) in [6, 6.07) is 6.64. The second-order valence-electron chi connectivity index (χ2n) is 3.62. The molecule has 18 heavy (non-hydrogen) atoms. The second-order valence-corrected chi connectivity index (χ2v) is 4.99. The van der Waals surface area contributed by atoms with Gasteiger partial charge in [-0.05, 0) is 17.7 Å². The lowest BCUT2D eigenvalue weighted by molar-refractivity contribution is 0.945. The number of aromatic nitrogens is 2. The fourth-order valence-electron chi connectivity index (χ4n) is 1.36. The van der Waals surface area contributed by atoms with Gasteiger partial charge in [0.15, 0.2) is 5.16 Å². The predicted molar refractivity (Wildman–Crippen MR) is 74.7 cm³/mol. The van der Waals surface area contributed by atoms with Crippen LogP contribution in [0.4, 0.5) is 11.5 Å². The molecule has 5 N–H and O–H groups in total. The summed E-state index contributed by atoms with van der Waals surface area (Å²) in [6.07, 6.45) is 0. The zero-order valence-corrected chi connectivity index (χ0v) is 10.9. The van der Waals surface area contributed by atoms with Crippen molar-refractivity contribution < 1.29 is 0 Å². The van der Waals surface area contributed by atoms with E-state index >= 15 is 0 Å². The summed E-state index contributed by atoms with van der Waals surface area (Å²) in [5, 5.41) is 1.01. The zero-order chi connectivity index (χ0) is 13.1. The number of hydrogen-bond acceptors (Lipinski definition) is 5. The third kappa shape index (κ3) is 3.18. The van der Waals surface area contributed by atoms with Crippen LogP contribution in [0.3, 0.4) is 0 Å². The Morgan fingerprint density at radius 1 is 1.33 bits per heavy atom. The van der Waals surface area contributed by atoms with E-state index in [4.69, 9.17) is 23.1 Å². The number of nitrogen functional groups attached to an aromatic ring is 2. The first-order valence-electron chi connectivity index (χ1n) is 5.08. The average molecular weight is 283 g/mol. The van der Waals surface area contributed by atoms with Gasteiger partial charge in [0.1, 0.15) is 5.82 Å². The summed E-state index contributed by atoms with van der Waals surface area (Å²) in [5.74, 6) is 0.824. The van der Waals surface area contributed by atoms with Crippen molar-refractivity contribution in [3.05, 3.63) is 45.2 Å². The molecule has 7 heteroatoms. The van der Waals surface area contributed by atoms with Crippen LogP contribution in [0.2, 0.25) is 5.02 Å². The maximum atomic E-state index is 11.2. The van der Waals surface area contributed by atoms with Gasteiger partial charge < -0.3 is 16.5 Å². The number of anilines is 2. The molecule has 1 heterocycles. The number of rotatable bonds is 3. The van der Waals surface area contributed by atoms with Gasteiger partial charge in [0.2, 0.25) is 0 Å². The Bertz CT molecular complexity index is 629. The van der Waals surface area contributed by atoms with E-state index in [1.54, 1.807) is 12.1 Å². The highest BCUT2D eigenvalue weighted by Crippen LogP contribution is 2.24. The van der Waals surface area contributed by atoms with Crippen LogP contribution in [0.15, 0.2) is 34.2 Å². The van der Waals surface area contributed by atoms with Crippen molar-refractivity contribution in [2.75, 3.05) is 11.5 Å². The number of thioether (sulfide) groups is 1. The van der Waals surface area contributed by atoms with Crippen LogP contribution < -0.4 is 17.0 Å². The maximum Gasteiger partial charge on any atom is 0.253 e. The molecule has 0 radical (unpaired) electrons. The van der Waals surface area contributed by atoms with Crippen molar-refractivity contribution in [3.8, 4) is 0 Å². The molecule has 0 atom stereocenters. The van der Waals surface area contributed by atoms with E-state index in [0.29, 0.717) is 21.6 Å². The number of nitrogens with two attached hydrogens (primary N) is 2. The molecule has 0 saturated carbocycles. The van der Waals surface area contributed by atoms with Crippen molar-refractivity contribution >= 4 is 34.9 Å². The van der Waals surface area contributed by atoms with Gasteiger partial charge in [-0.3, -0.25) is 4.79 Å². The van der Waals surface area contributed by atoms with Crippen molar-refractivity contribution in [2.24, 2.45) is 0 Å². The lowest BCUT2D eigenvalue weighted by Crippen LogP contribution is -2.09. The molecule has 0 amide bonds. The van der Waals surface area contributed by atoms with Gasteiger partial charge in [0.05, 0.1) is 10.7 Å². The normalized spacial score (nSPS) is 10.5. The molecule has 0 aliphatic heterocycles. The summed E-state index contributed by atoms with van der Waals surface area (Å²) in [7, 11) is 0. The Morgan fingerprint density at radius 2 is 2.11 bits per heavy atom. The first-order valence-corrected chi connectivity index (χ1v) is 6.44. The Kier molecular flexibility index (Phi) is 3.78. The van der Waals surface area contributed by atoms with Crippen LogP contribution in [0.5, 0.6) is 0 Å². The second kappa shape index (κ2) is 5.32. The summed E-state index contributed by atoms with van der Waals surface area (Å²) < 4.78 is 0. The fraction of sp³-hybridized carbons (Fsp3) is 0.0909. The minimum absolute atomic E-state index is 0.205. The molecule has 1 aromatic carbocycles. The van der Waals surface area contributed by atoms with E-state index in [9.17, 15) is 4.79 Å². The lowest BCUT2D eigenvalue weighted by atomic mass is 10.2. The summed E-state index contributed by atoms with van der Waals surface area (Å²) in [4.78, 5) is 17.8. The molecule has 0 bridgehead atoms. The number of halogens is 1. The third-order valence-corrected chi connectivity index (χ3v) is 3.46. The number of nitrogens with one attached hydrogen (secondary N) is 1. The summed E-state index contributed by atoms with van der Waals surface area (Å²) in [5.41, 5.74) is 12.5. The summed E-state index contributed by atoms with van der Waals surface area (Å²) in [6.45, 7) is 0. The lowest BCUT2D eigenvalue weighted by Gasteiger charge is -2.04. The monoisotopic (exact) mass is 282 g/mol. The first-order chi connectivity index (χ1) is 8.54. The number of H-pyrrole nitrogens is 1. The molecule has 94 valence electrons. The molecule has 2 rings (SSSR count). The minimum Gasteiger partial charge on any atom is -0.398 e. The number of hydrogen-bond donors (Lipinski definition) is 3. The molecule has 0 spiro atoms. The van der Waals surface area contributed by atoms with Crippen LogP contribution >= 0.6 is 23.4 Å². The number of nitrogens with zero attached hydrogens (tertiary/aromatic N) is 1. The van der Waals surface area contributed by atoms with Gasteiger partial charge in [-0.15, -0.1) is 0 Å². The van der Waals surface area contributed by atoms with Gasteiger partial charge >= 0.3 is 0 Å². The van der Waals surface area contributed by atoms with Gasteiger partial charge in [0, 0.05) is 11.8 Å². The van der Waals surface area contributed by atoms with Gasteiger partial charge in [-0.25, -0.2) is 4.98 Å². The van der Waals surface area contributed by atoms with Crippen molar-refractivity contribution in [1.29, 1.82) is 0 Å². The smallest absolute Gasteiger partial charge is 0.253 e. The highest BCUT2D eigenvalue weighted by molar-refractivity contribution is 7.98. The van der Waals surface area contributed by atoms with Crippen molar-refractivity contribution in [3.63, 3.8) is 0 Å². The topological polar surface area (TPSA) is 97.8 Å². The van der Waals surface area contributed by atoms with E-state index in [-0.39, 0.29) is 11.4 Å². The molecule has 0 saturated heterocycles. The van der Waals surface area contributed by atoms with Crippen molar-refractivity contribution in [2.45, 2.75) is 10.9 Å². The number of benzene rings is 1. The zero-order valence-electron chi connectivity index (χ0n) is 9.31. The summed E-state index contributed by atoms with van der Waals surface area (Å²) >= 11 is 7.20. The molecule has 5 nitrogen and oxygen atoms in total. The maximum absolute atomic E-state index is 11.2. The Hall–Kier alpha value is -1.66. The molecule has 0 unspecified atom stereocenters. The molecule has 0 aliphatic rings. The minimum atomic E-state index is -0.263. The first kappa shape index (κ1) is 12.8. The molecular formula is C11H11ClN4OS. The standard InChI is InChI=1S/C11H11ClN4OS/c12-7-2-1-6(3-8(7)13)5-18-11-15-9(14)4-10(17)16-11/h1-4H,5,13H2,(H3,14,15,16,17). The third-order valence-electron chi connectivity index (χ3n) is 2.18. The van der Waals surface area contributed by atoms with E-state index in [1.165, 1.54) is 17.8 Å². The van der Waals surface area contributed by atoms with Crippen molar-refractivity contribution in [1.82, 2.24) is 9.97 Å². The van der Waals surface area contributed by atoms with Crippen LogP contribution in [0.25, 0.3) is 0 Å². The van der Waals surface area contributed by atoms with Gasteiger partial charge in [0.25, 0.3) is 5.56 Å². The fourth-order valence-corrected chi connectivity index (χ4v) is 2.30. The largest absolute Gasteiger partial charge is 0.398 e. The highest BCUT2D eigenvalue weighted by atomic mass is 35.5. The average Bonchev–Trinajstić information content (AvgIpc) is 2.29. The van der Waals surface area contributed by atoms with Crippen LogP contribution in [0, 0.1) is 0 Å². The van der Waals surface area contributed by atoms with Gasteiger partial charge in [-0.1, -0.05) is 29.4 Å². The van der Waals surface area contributed by atoms with Crippen LogP contribution in [-0.4, -0.2) is 9.97 Å². The molecular weight excluding hydrogens is 272 g/mol. The van der Waals surface area contributed by atoms with E-state index in [1.807, 2.05) is 6.07 Å². The predicted octanol–water partition coefficient (Wildman–Crippen LogP) is 1.88. The van der Waals surface area contributed by atoms with Crippen LogP contribution in [-0.2, 0) is 5.75 Å². The molecule has 1 aromatic heterocycles. The quantitative estimate of drug-likeness (QED) is 0.454. The Labute approximate surface area is 113 Å². The van der Waals surface area contributed by atoms with Crippen LogP contribution in [0.1, 0.15) is 5.56 Å². The molecule has 0 fully saturated rings. The Morgan fingerprint density at radius 3 is 2.78 bits per heavy atom. The number of aromatic amines is 1. The van der Waals surface area contributed by atoms with Gasteiger partial charge in [-0.2, -0.15) is 0 Å².